The summed E-state index contributed by atoms with van der Waals surface area (Å²) >= 11 is 0. The van der Waals surface area contributed by atoms with Crippen molar-refractivity contribution in [1.82, 2.24) is 19.6 Å². The van der Waals surface area contributed by atoms with Gasteiger partial charge in [-0.3, -0.25) is 14.4 Å². The number of pyridine rings is 2. The Morgan fingerprint density at radius 2 is 1.76 bits per heavy atom. The summed E-state index contributed by atoms with van der Waals surface area (Å²) in [5.41, 5.74) is 4.77. The summed E-state index contributed by atoms with van der Waals surface area (Å²) in [6.45, 7) is 4.19. The predicted octanol–water partition coefficient (Wildman–Crippen LogP) is 2.55. The second kappa shape index (κ2) is 11.3. The number of carboxylic acids is 1. The van der Waals surface area contributed by atoms with Gasteiger partial charge in [-0.25, -0.2) is 22.2 Å². The number of nitrogens with two attached hydrogens (primary N) is 1. The lowest BCUT2D eigenvalue weighted by molar-refractivity contribution is -0.138. The number of fused-ring (bicyclic) bond motifs is 1. The first-order valence-electron chi connectivity index (χ1n) is 12.5. The largest absolute Gasteiger partial charge is 0.480 e. The average molecular weight is 600 g/mol. The van der Waals surface area contributed by atoms with Crippen molar-refractivity contribution in [1.29, 1.82) is 0 Å². The van der Waals surface area contributed by atoms with Crippen molar-refractivity contribution >= 4 is 38.6 Å². The highest BCUT2D eigenvalue weighted by atomic mass is 32.2. The van der Waals surface area contributed by atoms with Crippen LogP contribution in [0.4, 0.5) is 14.6 Å². The van der Waals surface area contributed by atoms with Gasteiger partial charge >= 0.3 is 5.97 Å². The summed E-state index contributed by atoms with van der Waals surface area (Å²) < 4.78 is 59.9. The highest BCUT2D eigenvalue weighted by Gasteiger charge is 2.29. The van der Waals surface area contributed by atoms with Crippen molar-refractivity contribution < 1.29 is 31.9 Å². The molecule has 0 aliphatic carbocycles. The van der Waals surface area contributed by atoms with Crippen LogP contribution in [0.2, 0.25) is 0 Å². The number of nitrogens with one attached hydrogen (secondary N) is 2. The van der Waals surface area contributed by atoms with Gasteiger partial charge in [-0.05, 0) is 50.1 Å². The third kappa shape index (κ3) is 5.71. The molecule has 2 aromatic carbocycles. The molecular weight excluding hydrogens is 572 g/mol. The number of nitrogen functional groups attached to an aromatic ring is 1. The van der Waals surface area contributed by atoms with Crippen LogP contribution >= 0.6 is 0 Å². The zero-order valence-electron chi connectivity index (χ0n) is 23.0. The maximum absolute atomic E-state index is 15.5. The molecule has 5 N–H and O–H groups in total. The highest BCUT2D eigenvalue weighted by molar-refractivity contribution is 7.89. The van der Waals surface area contributed by atoms with E-state index in [1.165, 1.54) is 25.2 Å². The minimum atomic E-state index is -4.32. The van der Waals surface area contributed by atoms with Gasteiger partial charge in [0.25, 0.3) is 5.91 Å². The number of rotatable bonds is 8. The summed E-state index contributed by atoms with van der Waals surface area (Å²) in [5, 5.41) is 11.4. The second-order valence-electron chi connectivity index (χ2n) is 9.82. The Labute approximate surface area is 239 Å². The van der Waals surface area contributed by atoms with Gasteiger partial charge in [0.1, 0.15) is 23.2 Å². The van der Waals surface area contributed by atoms with E-state index in [-0.39, 0.29) is 21.9 Å². The number of hydrogen-bond donors (Lipinski definition) is 4. The van der Waals surface area contributed by atoms with E-state index in [9.17, 15) is 27.9 Å². The molecule has 4 aromatic rings. The molecular formula is C28H27F2N5O6S. The first-order chi connectivity index (χ1) is 19.6. The van der Waals surface area contributed by atoms with Crippen LogP contribution in [0.25, 0.3) is 22.2 Å². The molecule has 0 aliphatic rings. The van der Waals surface area contributed by atoms with E-state index in [2.05, 4.69) is 15.0 Å². The summed E-state index contributed by atoms with van der Waals surface area (Å²) in [5.74, 6) is -4.85. The molecule has 1 unspecified atom stereocenters. The number of carbonyl (C=O) groups excluding carboxylic acids is 1. The van der Waals surface area contributed by atoms with Gasteiger partial charge in [0.15, 0.2) is 5.82 Å². The highest BCUT2D eigenvalue weighted by Crippen LogP contribution is 2.30. The van der Waals surface area contributed by atoms with E-state index in [0.29, 0.717) is 11.1 Å². The lowest BCUT2D eigenvalue weighted by Crippen LogP contribution is -2.49. The molecule has 4 rings (SSSR count). The molecule has 0 fully saturated rings. The second-order valence-corrected chi connectivity index (χ2v) is 11.5. The van der Waals surface area contributed by atoms with Crippen LogP contribution < -0.4 is 21.2 Å². The minimum absolute atomic E-state index is 0.0263. The zero-order valence-corrected chi connectivity index (χ0v) is 23.8. The van der Waals surface area contributed by atoms with E-state index in [4.69, 9.17) is 5.73 Å². The fraction of sp³-hybridized carbons (Fsp3) is 0.214. The van der Waals surface area contributed by atoms with Crippen molar-refractivity contribution in [3.8, 4) is 11.3 Å². The standard InChI is InChI=1S/C28H27F2N5O6S/c1-13-8-14(2)26(15(3)9-13)42(40,41)34-20(28(38)39)11-32-27(37)17-12-35(4)24-16(25(17)36)10-18(29)22(23(24)30)19-6-5-7-21(31)33-19/h5-10,12,20,34H,11H2,1-4H3,(H2,31,33)(H,32,37)(H,38,39). The molecule has 0 spiro atoms. The number of aryl methyl sites for hydroxylation is 4. The SMILES string of the molecule is Cc1cc(C)c(S(=O)(=O)NC(CNC(=O)c2cn(C)c3c(F)c(-c4cccc(N)n4)c(F)cc3c2=O)C(=O)O)c(C)c1. The Balaban J connectivity index is 1.65. The summed E-state index contributed by atoms with van der Waals surface area (Å²) in [6.07, 6.45) is 1.01. The summed E-state index contributed by atoms with van der Waals surface area (Å²) in [4.78, 5) is 41.8. The van der Waals surface area contributed by atoms with Gasteiger partial charge in [0, 0.05) is 19.8 Å². The van der Waals surface area contributed by atoms with Crippen molar-refractivity contribution in [2.75, 3.05) is 12.3 Å². The third-order valence-corrected chi connectivity index (χ3v) is 8.34. The van der Waals surface area contributed by atoms with Gasteiger partial charge in [0.2, 0.25) is 15.5 Å². The number of halogens is 2. The Bertz CT molecular complexity index is 1920. The number of aliphatic carboxylic acids is 1. The van der Waals surface area contributed by atoms with Crippen molar-refractivity contribution in [2.24, 2.45) is 7.05 Å². The van der Waals surface area contributed by atoms with Gasteiger partial charge < -0.3 is 20.7 Å². The monoisotopic (exact) mass is 599 g/mol. The number of carbonyl (C=O) groups is 2. The molecule has 2 aromatic heterocycles. The lowest BCUT2D eigenvalue weighted by Gasteiger charge is -2.18. The van der Waals surface area contributed by atoms with Gasteiger partial charge in [-0.2, -0.15) is 4.72 Å². The Kier molecular flexibility index (Phi) is 8.14. The molecule has 0 saturated carbocycles. The van der Waals surface area contributed by atoms with Crippen LogP contribution in [-0.2, 0) is 21.9 Å². The fourth-order valence-electron chi connectivity index (χ4n) is 4.88. The van der Waals surface area contributed by atoms with Crippen LogP contribution in [0.3, 0.4) is 0 Å². The number of hydrogen-bond acceptors (Lipinski definition) is 7. The molecule has 1 atom stereocenters. The Morgan fingerprint density at radius 3 is 2.36 bits per heavy atom. The number of anilines is 1. The molecule has 11 nitrogen and oxygen atoms in total. The number of nitrogens with zero attached hydrogens (tertiary/aromatic N) is 2. The normalized spacial score (nSPS) is 12.3. The Hall–Kier alpha value is -4.69. The van der Waals surface area contributed by atoms with Crippen LogP contribution in [0.5, 0.6) is 0 Å². The minimum Gasteiger partial charge on any atom is -0.480 e. The van der Waals surface area contributed by atoms with Crippen molar-refractivity contribution in [3.05, 3.63) is 86.7 Å². The first-order valence-corrected chi connectivity index (χ1v) is 14.0. The van der Waals surface area contributed by atoms with Crippen LogP contribution in [0.15, 0.2) is 52.3 Å². The molecule has 0 bridgehead atoms. The van der Waals surface area contributed by atoms with E-state index in [1.54, 1.807) is 32.9 Å². The van der Waals surface area contributed by atoms with Crippen LogP contribution in [-0.4, -0.2) is 47.5 Å². The predicted molar refractivity (Wildman–Crippen MR) is 151 cm³/mol. The molecule has 0 saturated heterocycles. The average Bonchev–Trinajstić information content (AvgIpc) is 2.87. The lowest BCUT2D eigenvalue weighted by atomic mass is 10.0. The quantitative estimate of drug-likeness (QED) is 0.239. The summed E-state index contributed by atoms with van der Waals surface area (Å²) in [6, 6.07) is 6.48. The topological polar surface area (TPSA) is 173 Å². The van der Waals surface area contributed by atoms with Gasteiger partial charge in [0.05, 0.1) is 27.1 Å². The van der Waals surface area contributed by atoms with Crippen LogP contribution in [0, 0.1) is 32.4 Å². The van der Waals surface area contributed by atoms with E-state index in [0.717, 1.165) is 22.4 Å². The number of sulfonamides is 1. The van der Waals surface area contributed by atoms with Crippen LogP contribution in [0.1, 0.15) is 27.0 Å². The molecule has 0 radical (unpaired) electrons. The molecule has 1 amide bonds. The summed E-state index contributed by atoms with van der Waals surface area (Å²) in [7, 11) is -2.99. The van der Waals surface area contributed by atoms with E-state index < -0.39 is 68.1 Å². The molecule has 220 valence electrons. The van der Waals surface area contributed by atoms with E-state index >= 15 is 8.78 Å². The molecule has 2 heterocycles. The van der Waals surface area contributed by atoms with Gasteiger partial charge in [-0.15, -0.1) is 0 Å². The molecule has 42 heavy (non-hydrogen) atoms. The Morgan fingerprint density at radius 1 is 1.12 bits per heavy atom. The number of carboxylic acid groups (broad SMARTS) is 1. The zero-order chi connectivity index (χ0) is 31.1. The van der Waals surface area contributed by atoms with Crippen molar-refractivity contribution in [2.45, 2.75) is 31.7 Å². The smallest absolute Gasteiger partial charge is 0.323 e. The number of amides is 1. The fourth-order valence-corrected chi connectivity index (χ4v) is 6.52. The maximum atomic E-state index is 15.5. The van der Waals surface area contributed by atoms with E-state index in [1.807, 2.05) is 0 Å². The first kappa shape index (κ1) is 30.3. The number of aromatic nitrogens is 2. The number of benzene rings is 2. The molecule has 14 heteroatoms. The maximum Gasteiger partial charge on any atom is 0.323 e. The molecule has 0 aliphatic heterocycles. The third-order valence-electron chi connectivity index (χ3n) is 6.56. The van der Waals surface area contributed by atoms with Crippen molar-refractivity contribution in [3.63, 3.8) is 0 Å². The van der Waals surface area contributed by atoms with Gasteiger partial charge in [-0.1, -0.05) is 23.8 Å².